The highest BCUT2D eigenvalue weighted by molar-refractivity contribution is 14.0. The number of piperidine rings is 1. The number of aryl methyl sites for hydroxylation is 1. The molecule has 0 aromatic heterocycles. The van der Waals surface area contributed by atoms with Crippen molar-refractivity contribution in [3.8, 4) is 5.75 Å². The molecule has 3 rings (SSSR count). The molecule has 1 unspecified atom stereocenters. The number of nitrogens with one attached hydrogen (secondary N) is 2. The van der Waals surface area contributed by atoms with Crippen LogP contribution in [0.5, 0.6) is 5.75 Å². The Labute approximate surface area is 187 Å². The number of hydrogen-bond acceptors (Lipinski definition) is 3. The van der Waals surface area contributed by atoms with Crippen LogP contribution in [0.25, 0.3) is 0 Å². The molecule has 29 heavy (non-hydrogen) atoms. The van der Waals surface area contributed by atoms with Crippen LogP contribution in [0.4, 0.5) is 14.5 Å². The minimum atomic E-state index is -0.639. The van der Waals surface area contributed by atoms with Crippen LogP contribution in [0.15, 0.2) is 41.4 Å². The second-order valence-corrected chi connectivity index (χ2v) is 7.07. The summed E-state index contributed by atoms with van der Waals surface area (Å²) in [5.41, 5.74) is 2.69. The lowest BCUT2D eigenvalue weighted by molar-refractivity contribution is 0.431. The Balaban J connectivity index is 0.00000300. The van der Waals surface area contributed by atoms with Gasteiger partial charge in [-0.05, 0) is 61.2 Å². The zero-order valence-corrected chi connectivity index (χ0v) is 18.9. The van der Waals surface area contributed by atoms with Crippen LogP contribution in [-0.4, -0.2) is 37.2 Å². The molecule has 3 N–H and O–H groups in total. The van der Waals surface area contributed by atoms with Crippen LogP contribution < -0.4 is 15.5 Å². The van der Waals surface area contributed by atoms with Gasteiger partial charge in [0.2, 0.25) is 0 Å². The van der Waals surface area contributed by atoms with Crippen LogP contribution in [0, 0.1) is 18.6 Å². The zero-order chi connectivity index (χ0) is 20.1. The van der Waals surface area contributed by atoms with Crippen molar-refractivity contribution in [1.82, 2.24) is 10.6 Å². The fourth-order valence-electron chi connectivity index (χ4n) is 3.52. The van der Waals surface area contributed by atoms with Gasteiger partial charge in [0, 0.05) is 38.4 Å². The number of phenolic OH excluding ortho intramolecular Hbond substituents is 1. The summed E-state index contributed by atoms with van der Waals surface area (Å²) < 4.78 is 26.9. The topological polar surface area (TPSA) is 59.9 Å². The molecule has 2 aromatic carbocycles. The van der Waals surface area contributed by atoms with Gasteiger partial charge in [-0.15, -0.1) is 24.0 Å². The fourth-order valence-corrected chi connectivity index (χ4v) is 3.52. The number of phenols is 1. The Kier molecular flexibility index (Phi) is 8.48. The lowest BCUT2D eigenvalue weighted by Gasteiger charge is -2.36. The lowest BCUT2D eigenvalue weighted by atomic mass is 10.0. The number of nitrogens with zero attached hydrogens (tertiary/aromatic N) is 2. The van der Waals surface area contributed by atoms with E-state index in [9.17, 15) is 13.9 Å². The molecule has 1 heterocycles. The van der Waals surface area contributed by atoms with Crippen LogP contribution in [0.1, 0.15) is 24.0 Å². The number of halogens is 3. The molecule has 158 valence electrons. The van der Waals surface area contributed by atoms with Crippen molar-refractivity contribution >= 4 is 35.6 Å². The smallest absolute Gasteiger partial charge is 0.191 e. The maximum atomic E-state index is 13.5. The molecule has 5 nitrogen and oxygen atoms in total. The number of guanidine groups is 1. The monoisotopic (exact) mass is 516 g/mol. The highest BCUT2D eigenvalue weighted by atomic mass is 127. The Morgan fingerprint density at radius 2 is 2.03 bits per heavy atom. The van der Waals surface area contributed by atoms with Gasteiger partial charge in [0.25, 0.3) is 0 Å². The molecule has 0 bridgehead atoms. The molecule has 1 saturated heterocycles. The zero-order valence-electron chi connectivity index (χ0n) is 16.6. The maximum absolute atomic E-state index is 13.5. The van der Waals surface area contributed by atoms with Gasteiger partial charge in [-0.1, -0.05) is 6.07 Å². The molecule has 1 atom stereocenters. The summed E-state index contributed by atoms with van der Waals surface area (Å²) >= 11 is 0. The molecule has 0 saturated carbocycles. The maximum Gasteiger partial charge on any atom is 0.191 e. The van der Waals surface area contributed by atoms with Gasteiger partial charge in [-0.2, -0.15) is 0 Å². The van der Waals surface area contributed by atoms with Crippen molar-refractivity contribution in [3.63, 3.8) is 0 Å². The third-order valence-corrected chi connectivity index (χ3v) is 4.96. The number of aliphatic imine (C=N–C) groups is 1. The second kappa shape index (κ2) is 10.6. The highest BCUT2D eigenvalue weighted by Crippen LogP contribution is 2.24. The first-order valence-electron chi connectivity index (χ1n) is 9.42. The van der Waals surface area contributed by atoms with Crippen molar-refractivity contribution in [1.29, 1.82) is 0 Å². The molecular formula is C21H27F2IN4O. The second-order valence-electron chi connectivity index (χ2n) is 7.07. The summed E-state index contributed by atoms with van der Waals surface area (Å²) in [5, 5.41) is 15.9. The van der Waals surface area contributed by atoms with E-state index in [2.05, 4.69) is 20.5 Å². The van der Waals surface area contributed by atoms with E-state index in [4.69, 9.17) is 0 Å². The molecular weight excluding hydrogens is 489 g/mol. The standard InChI is InChI=1S/C21H26F2N4O.HI/c1-14-10-16(22)6-7-19(14)27-9-3-4-17(13-27)26-21(24-2)25-12-15-5-8-20(28)18(23)11-15;/h5-8,10-11,17,28H,3-4,9,12-13H2,1-2H3,(H2,24,25,26);1H. The predicted molar refractivity (Wildman–Crippen MR) is 123 cm³/mol. The first-order valence-corrected chi connectivity index (χ1v) is 9.42. The van der Waals surface area contributed by atoms with Crippen molar-refractivity contribution < 1.29 is 13.9 Å². The van der Waals surface area contributed by atoms with Crippen LogP contribution in [-0.2, 0) is 6.54 Å². The van der Waals surface area contributed by atoms with Gasteiger partial charge >= 0.3 is 0 Å². The Bertz CT molecular complexity index is 863. The Hall–Kier alpha value is -2.10. The molecule has 8 heteroatoms. The van der Waals surface area contributed by atoms with Gasteiger partial charge in [0.05, 0.1) is 0 Å². The SMILES string of the molecule is CN=C(NCc1ccc(O)c(F)c1)NC1CCCN(c2ccc(F)cc2C)C1.I. The predicted octanol–water partition coefficient (Wildman–Crippen LogP) is 3.93. The normalized spacial score (nSPS) is 16.9. The van der Waals surface area contributed by atoms with E-state index in [-0.39, 0.29) is 41.6 Å². The Morgan fingerprint density at radius 1 is 1.24 bits per heavy atom. The van der Waals surface area contributed by atoms with E-state index in [0.717, 1.165) is 37.2 Å². The third kappa shape index (κ3) is 6.19. The summed E-state index contributed by atoms with van der Waals surface area (Å²) in [6.07, 6.45) is 2.03. The fraction of sp³-hybridized carbons (Fsp3) is 0.381. The molecule has 0 aliphatic carbocycles. The first-order chi connectivity index (χ1) is 13.5. The molecule has 1 aliphatic rings. The van der Waals surface area contributed by atoms with Crippen molar-refractivity contribution in [3.05, 3.63) is 59.2 Å². The summed E-state index contributed by atoms with van der Waals surface area (Å²) in [4.78, 5) is 6.51. The lowest BCUT2D eigenvalue weighted by Crippen LogP contribution is -2.51. The molecule has 0 radical (unpaired) electrons. The van der Waals surface area contributed by atoms with E-state index >= 15 is 0 Å². The summed E-state index contributed by atoms with van der Waals surface area (Å²) in [5.74, 6) is -0.580. The number of anilines is 1. The minimum absolute atomic E-state index is 0. The average Bonchev–Trinajstić information content (AvgIpc) is 2.68. The number of benzene rings is 2. The van der Waals surface area contributed by atoms with Crippen molar-refractivity contribution in [2.24, 2.45) is 4.99 Å². The van der Waals surface area contributed by atoms with E-state index in [1.54, 1.807) is 19.2 Å². The van der Waals surface area contributed by atoms with E-state index in [1.165, 1.54) is 18.2 Å². The van der Waals surface area contributed by atoms with Gasteiger partial charge in [-0.3, -0.25) is 4.99 Å². The van der Waals surface area contributed by atoms with E-state index in [1.807, 2.05) is 13.0 Å². The first kappa shape index (κ1) is 23.2. The third-order valence-electron chi connectivity index (χ3n) is 4.96. The minimum Gasteiger partial charge on any atom is -0.505 e. The number of rotatable bonds is 4. The van der Waals surface area contributed by atoms with Crippen LogP contribution >= 0.6 is 24.0 Å². The molecule has 1 aliphatic heterocycles. The van der Waals surface area contributed by atoms with Gasteiger partial charge in [-0.25, -0.2) is 8.78 Å². The van der Waals surface area contributed by atoms with Gasteiger partial charge < -0.3 is 20.6 Å². The van der Waals surface area contributed by atoms with Crippen LogP contribution in [0.2, 0.25) is 0 Å². The van der Waals surface area contributed by atoms with Gasteiger partial charge in [0.1, 0.15) is 5.82 Å². The quantitative estimate of drug-likeness (QED) is 0.328. The Morgan fingerprint density at radius 3 is 2.72 bits per heavy atom. The molecule has 2 aromatic rings. The van der Waals surface area contributed by atoms with E-state index < -0.39 is 5.82 Å². The van der Waals surface area contributed by atoms with E-state index in [0.29, 0.717) is 18.1 Å². The summed E-state index contributed by atoms with van der Waals surface area (Å²) in [6.45, 7) is 4.04. The highest BCUT2D eigenvalue weighted by Gasteiger charge is 2.22. The van der Waals surface area contributed by atoms with Crippen molar-refractivity contribution in [2.45, 2.75) is 32.4 Å². The molecule has 0 spiro atoms. The number of aromatic hydroxyl groups is 1. The summed E-state index contributed by atoms with van der Waals surface area (Å²) in [6, 6.07) is 9.39. The molecule has 0 amide bonds. The summed E-state index contributed by atoms with van der Waals surface area (Å²) in [7, 11) is 1.69. The number of hydrogen-bond donors (Lipinski definition) is 3. The molecule has 1 fully saturated rings. The van der Waals surface area contributed by atoms with Gasteiger partial charge in [0.15, 0.2) is 17.5 Å². The van der Waals surface area contributed by atoms with Crippen molar-refractivity contribution in [2.75, 3.05) is 25.0 Å². The largest absolute Gasteiger partial charge is 0.505 e. The average molecular weight is 516 g/mol. The van der Waals surface area contributed by atoms with Crippen LogP contribution in [0.3, 0.4) is 0 Å².